The summed E-state index contributed by atoms with van der Waals surface area (Å²) in [6, 6.07) is 5.30. The largest absolute Gasteiger partial charge is 0.490 e. The minimum Gasteiger partial charge on any atom is -0.490 e. The molecule has 0 aliphatic carbocycles. The summed E-state index contributed by atoms with van der Waals surface area (Å²) < 4.78 is 19.1. The zero-order valence-corrected chi connectivity index (χ0v) is 14.7. The van der Waals surface area contributed by atoms with Crippen molar-refractivity contribution < 1.29 is 9.13 Å². The van der Waals surface area contributed by atoms with Gasteiger partial charge in [0.05, 0.1) is 11.4 Å². The first-order valence-corrected chi connectivity index (χ1v) is 8.07. The molecule has 0 saturated heterocycles. The highest BCUT2D eigenvalue weighted by Crippen LogP contribution is 2.24. The molecule has 1 atom stereocenters. The van der Waals surface area contributed by atoms with Gasteiger partial charge in [-0.05, 0) is 44.4 Å². The number of aromatic nitrogens is 3. The summed E-state index contributed by atoms with van der Waals surface area (Å²) in [6.07, 6.45) is 2.29. The number of hydrogen-bond donors (Lipinski definition) is 1. The monoisotopic (exact) mass is 332 g/mol. The van der Waals surface area contributed by atoms with Gasteiger partial charge in [0.25, 0.3) is 0 Å². The van der Waals surface area contributed by atoms with Gasteiger partial charge >= 0.3 is 0 Å². The molecule has 0 aliphatic heterocycles. The summed E-state index contributed by atoms with van der Waals surface area (Å²) in [4.78, 5) is 12.6. The molecule has 0 aliphatic rings. The number of hydrogen-bond acceptors (Lipinski definition) is 5. The van der Waals surface area contributed by atoms with Crippen LogP contribution in [0.2, 0.25) is 0 Å². The number of nitrogens with zero attached hydrogens (tertiary/aromatic N) is 3. The van der Waals surface area contributed by atoms with Gasteiger partial charge in [-0.15, -0.1) is 0 Å². The quantitative estimate of drug-likeness (QED) is 0.840. The molecule has 0 fully saturated rings. The van der Waals surface area contributed by atoms with Gasteiger partial charge < -0.3 is 10.5 Å². The van der Waals surface area contributed by atoms with Crippen LogP contribution in [0.1, 0.15) is 38.6 Å². The van der Waals surface area contributed by atoms with Crippen molar-refractivity contribution in [2.24, 2.45) is 11.7 Å². The molecule has 2 N–H and O–H groups in total. The lowest BCUT2D eigenvalue weighted by atomic mass is 9.93. The van der Waals surface area contributed by atoms with E-state index in [4.69, 9.17) is 10.5 Å². The molecule has 2 aromatic rings. The van der Waals surface area contributed by atoms with Gasteiger partial charge in [-0.2, -0.15) is 0 Å². The van der Waals surface area contributed by atoms with Crippen LogP contribution >= 0.6 is 0 Å². The zero-order chi connectivity index (χ0) is 17.7. The third-order valence-corrected chi connectivity index (χ3v) is 3.56. The van der Waals surface area contributed by atoms with Crippen molar-refractivity contribution in [3.8, 4) is 17.1 Å². The van der Waals surface area contributed by atoms with Gasteiger partial charge in [-0.25, -0.2) is 19.3 Å². The first kappa shape index (κ1) is 18.3. The molecule has 2 aromatic heterocycles. The Labute approximate surface area is 142 Å². The topological polar surface area (TPSA) is 73.9 Å². The Balaban J connectivity index is 2.17. The third-order valence-electron chi connectivity index (χ3n) is 3.56. The summed E-state index contributed by atoms with van der Waals surface area (Å²) >= 11 is 0. The van der Waals surface area contributed by atoms with Gasteiger partial charge in [-0.1, -0.05) is 13.8 Å². The van der Waals surface area contributed by atoms with E-state index in [2.05, 4.69) is 28.8 Å². The first-order valence-electron chi connectivity index (χ1n) is 8.07. The van der Waals surface area contributed by atoms with E-state index in [1.807, 2.05) is 19.9 Å². The number of nitrogens with two attached hydrogens (primary N) is 1. The number of alkyl halides is 1. The Hall–Kier alpha value is -2.08. The maximum absolute atomic E-state index is 13.4. The fourth-order valence-electron chi connectivity index (χ4n) is 2.69. The highest BCUT2D eigenvalue weighted by atomic mass is 19.1. The lowest BCUT2D eigenvalue weighted by Crippen LogP contribution is -2.43. The Kier molecular flexibility index (Phi) is 5.83. The van der Waals surface area contributed by atoms with Crippen LogP contribution in [-0.4, -0.2) is 27.1 Å². The standard InChI is InChI=1S/C18H25FN4O/c1-12(2)8-18(4,20)10-24-17-6-5-14(23-16(17)9-19)15-7-13(3)21-11-22-15/h5-7,11-12H,8-10,20H2,1-4H3/t18-/m0/s1. The normalized spacial score (nSPS) is 13.8. The average Bonchev–Trinajstić information content (AvgIpc) is 2.51. The molecular formula is C18H25FN4O. The lowest BCUT2D eigenvalue weighted by molar-refractivity contribution is 0.203. The first-order chi connectivity index (χ1) is 11.3. The van der Waals surface area contributed by atoms with E-state index < -0.39 is 12.2 Å². The zero-order valence-electron chi connectivity index (χ0n) is 14.7. The van der Waals surface area contributed by atoms with Crippen LogP contribution in [-0.2, 0) is 6.67 Å². The molecule has 6 heteroatoms. The summed E-state index contributed by atoms with van der Waals surface area (Å²) in [6.45, 7) is 7.63. The van der Waals surface area contributed by atoms with Gasteiger partial charge in [-0.3, -0.25) is 0 Å². The fourth-order valence-corrected chi connectivity index (χ4v) is 2.69. The van der Waals surface area contributed by atoms with E-state index in [-0.39, 0.29) is 5.69 Å². The van der Waals surface area contributed by atoms with Crippen molar-refractivity contribution in [1.82, 2.24) is 15.0 Å². The molecule has 0 spiro atoms. The molecular weight excluding hydrogens is 307 g/mol. The summed E-state index contributed by atoms with van der Waals surface area (Å²) in [5, 5.41) is 0. The van der Waals surface area contributed by atoms with Crippen LogP contribution in [0.4, 0.5) is 4.39 Å². The summed E-state index contributed by atoms with van der Waals surface area (Å²) in [7, 11) is 0. The van der Waals surface area contributed by atoms with Crippen molar-refractivity contribution in [1.29, 1.82) is 0 Å². The lowest BCUT2D eigenvalue weighted by Gasteiger charge is -2.27. The van der Waals surface area contributed by atoms with Crippen LogP contribution in [0.15, 0.2) is 24.5 Å². The highest BCUT2D eigenvalue weighted by molar-refractivity contribution is 5.55. The van der Waals surface area contributed by atoms with E-state index >= 15 is 0 Å². The molecule has 0 bridgehead atoms. The van der Waals surface area contributed by atoms with Crippen LogP contribution < -0.4 is 10.5 Å². The predicted molar refractivity (Wildman–Crippen MR) is 92.4 cm³/mol. The molecule has 0 amide bonds. The number of rotatable bonds is 7. The van der Waals surface area contributed by atoms with Crippen LogP contribution in [0, 0.1) is 12.8 Å². The average molecular weight is 332 g/mol. The number of aryl methyl sites for hydroxylation is 1. The number of halogens is 1. The molecule has 0 saturated carbocycles. The second kappa shape index (κ2) is 7.66. The summed E-state index contributed by atoms with van der Waals surface area (Å²) in [5.74, 6) is 0.887. The molecule has 2 rings (SSSR count). The molecule has 0 unspecified atom stereocenters. The second-order valence-electron chi connectivity index (χ2n) is 6.86. The summed E-state index contributed by atoms with van der Waals surface area (Å²) in [5.41, 5.74) is 8.11. The van der Waals surface area contributed by atoms with Gasteiger partial charge in [0.1, 0.15) is 31.1 Å². The van der Waals surface area contributed by atoms with Crippen molar-refractivity contribution >= 4 is 0 Å². The Morgan fingerprint density at radius 1 is 1.25 bits per heavy atom. The fraction of sp³-hybridized carbons (Fsp3) is 0.500. The smallest absolute Gasteiger partial charge is 0.143 e. The maximum atomic E-state index is 13.4. The molecule has 0 radical (unpaired) electrons. The molecule has 130 valence electrons. The van der Waals surface area contributed by atoms with Gasteiger partial charge in [0.15, 0.2) is 0 Å². The molecule has 24 heavy (non-hydrogen) atoms. The third kappa shape index (κ3) is 4.96. The molecule has 0 aromatic carbocycles. The Bertz CT molecular complexity index is 688. The van der Waals surface area contributed by atoms with Crippen molar-refractivity contribution in [3.63, 3.8) is 0 Å². The van der Waals surface area contributed by atoms with Crippen molar-refractivity contribution in [3.05, 3.63) is 35.9 Å². The van der Waals surface area contributed by atoms with Crippen LogP contribution in [0.5, 0.6) is 5.75 Å². The van der Waals surface area contributed by atoms with Gasteiger partial charge in [0, 0.05) is 11.2 Å². The Morgan fingerprint density at radius 2 is 2.00 bits per heavy atom. The van der Waals surface area contributed by atoms with E-state index in [1.165, 1.54) is 6.33 Å². The van der Waals surface area contributed by atoms with Gasteiger partial charge in [0.2, 0.25) is 0 Å². The SMILES string of the molecule is Cc1cc(-c2ccc(OC[C@@](C)(N)CC(C)C)c(CF)n2)ncn1. The predicted octanol–water partition coefficient (Wildman–Crippen LogP) is 3.46. The van der Waals surface area contributed by atoms with Crippen molar-refractivity contribution in [2.45, 2.75) is 46.3 Å². The molecule has 2 heterocycles. The minimum atomic E-state index is -0.710. The van der Waals surface area contributed by atoms with E-state index in [9.17, 15) is 4.39 Å². The number of ether oxygens (including phenoxy) is 1. The number of pyridine rings is 1. The maximum Gasteiger partial charge on any atom is 0.143 e. The van der Waals surface area contributed by atoms with E-state index in [0.717, 1.165) is 12.1 Å². The van der Waals surface area contributed by atoms with Crippen LogP contribution in [0.25, 0.3) is 11.4 Å². The minimum absolute atomic E-state index is 0.254. The molecule has 5 nitrogen and oxygen atoms in total. The van der Waals surface area contributed by atoms with Crippen molar-refractivity contribution in [2.75, 3.05) is 6.61 Å². The second-order valence-corrected chi connectivity index (χ2v) is 6.86. The van der Waals surface area contributed by atoms with E-state index in [0.29, 0.717) is 29.7 Å². The van der Waals surface area contributed by atoms with E-state index in [1.54, 1.807) is 12.1 Å². The Morgan fingerprint density at radius 3 is 2.62 bits per heavy atom. The van der Waals surface area contributed by atoms with Crippen LogP contribution in [0.3, 0.4) is 0 Å². The highest BCUT2D eigenvalue weighted by Gasteiger charge is 2.22.